The second-order valence-corrected chi connectivity index (χ2v) is 3.56. The van der Waals surface area contributed by atoms with Crippen LogP contribution in [0.15, 0.2) is 18.2 Å². The van der Waals surface area contributed by atoms with Gasteiger partial charge in [0.15, 0.2) is 0 Å². The van der Waals surface area contributed by atoms with E-state index in [0.717, 1.165) is 0 Å². The number of halogens is 1. The first kappa shape index (κ1) is 9.78. The molecule has 0 radical (unpaired) electrons. The number of benzene rings is 1. The molecular weight excluding hydrogens is 195 g/mol. The zero-order valence-electron chi connectivity index (χ0n) is 8.33. The van der Waals surface area contributed by atoms with E-state index in [-0.39, 0.29) is 18.0 Å². The summed E-state index contributed by atoms with van der Waals surface area (Å²) in [7, 11) is 0. The average molecular weight is 206 g/mol. The molecule has 0 amide bonds. The number of para-hydroxylation sites is 1. The average Bonchev–Trinajstić information content (AvgIpc) is 2.21. The third kappa shape index (κ3) is 1.73. The van der Waals surface area contributed by atoms with Crippen LogP contribution in [0.25, 0.3) is 0 Å². The van der Waals surface area contributed by atoms with Gasteiger partial charge in [0.05, 0.1) is 18.5 Å². The van der Waals surface area contributed by atoms with E-state index in [9.17, 15) is 4.39 Å². The molecule has 0 saturated heterocycles. The molecular formula is C11H11FN2O. The molecule has 0 bridgehead atoms. The molecule has 1 aliphatic rings. The molecule has 1 N–H and O–H groups in total. The molecule has 1 aromatic rings. The number of fused-ring (bicyclic) bond motifs is 1. The molecule has 0 fully saturated rings. The normalized spacial score (nSPS) is 23.3. The molecule has 3 nitrogen and oxygen atoms in total. The summed E-state index contributed by atoms with van der Waals surface area (Å²) in [5.41, 5.74) is 0.388. The van der Waals surface area contributed by atoms with Crippen LogP contribution in [0, 0.1) is 17.1 Å². The van der Waals surface area contributed by atoms with Gasteiger partial charge in [-0.3, -0.25) is 0 Å². The molecule has 1 heterocycles. The number of anilines is 1. The molecule has 1 aliphatic heterocycles. The van der Waals surface area contributed by atoms with Gasteiger partial charge < -0.3 is 10.1 Å². The summed E-state index contributed by atoms with van der Waals surface area (Å²) in [4.78, 5) is 0. The summed E-state index contributed by atoms with van der Waals surface area (Å²) in [6, 6.07) is 6.66. The van der Waals surface area contributed by atoms with Crippen LogP contribution < -0.4 is 10.1 Å². The Kier molecular flexibility index (Phi) is 2.46. The molecule has 1 aromatic carbocycles. The van der Waals surface area contributed by atoms with Crippen molar-refractivity contribution in [1.82, 2.24) is 0 Å². The van der Waals surface area contributed by atoms with Crippen molar-refractivity contribution in [3.05, 3.63) is 24.0 Å². The predicted octanol–water partition coefficient (Wildman–Crippen LogP) is 2.30. The van der Waals surface area contributed by atoms with E-state index in [1.54, 1.807) is 12.1 Å². The van der Waals surface area contributed by atoms with Gasteiger partial charge in [-0.1, -0.05) is 6.07 Å². The van der Waals surface area contributed by atoms with Crippen LogP contribution >= 0.6 is 0 Å². The number of hydrogen-bond acceptors (Lipinski definition) is 3. The minimum absolute atomic E-state index is 0.0611. The smallest absolute Gasteiger partial charge is 0.150 e. The van der Waals surface area contributed by atoms with Gasteiger partial charge in [-0.05, 0) is 19.1 Å². The molecule has 0 aromatic heterocycles. The molecule has 78 valence electrons. The standard InChI is InChI=1S/C11H11FN2O/c1-7-9(5-6-13)15-10-4-2-3-8(12)11(10)14-7/h2-4,7,9,14H,5H2,1H3. The molecule has 2 atom stereocenters. The fraction of sp³-hybridized carbons (Fsp3) is 0.364. The van der Waals surface area contributed by atoms with Crippen molar-refractivity contribution in [3.8, 4) is 11.8 Å². The fourth-order valence-corrected chi connectivity index (χ4v) is 1.64. The van der Waals surface area contributed by atoms with Gasteiger partial charge in [0.1, 0.15) is 23.4 Å². The van der Waals surface area contributed by atoms with E-state index in [0.29, 0.717) is 17.9 Å². The quantitative estimate of drug-likeness (QED) is 0.766. The Morgan fingerprint density at radius 3 is 3.13 bits per heavy atom. The van der Waals surface area contributed by atoms with E-state index in [1.807, 2.05) is 6.92 Å². The lowest BCUT2D eigenvalue weighted by molar-refractivity contribution is 0.178. The Bertz CT molecular complexity index is 414. The Morgan fingerprint density at radius 2 is 2.40 bits per heavy atom. The number of ether oxygens (including phenoxy) is 1. The van der Waals surface area contributed by atoms with Crippen molar-refractivity contribution in [2.24, 2.45) is 0 Å². The lowest BCUT2D eigenvalue weighted by Gasteiger charge is -2.31. The Morgan fingerprint density at radius 1 is 1.60 bits per heavy atom. The highest BCUT2D eigenvalue weighted by atomic mass is 19.1. The molecule has 2 unspecified atom stereocenters. The third-order valence-electron chi connectivity index (χ3n) is 2.48. The van der Waals surface area contributed by atoms with Crippen molar-refractivity contribution in [2.45, 2.75) is 25.5 Å². The maximum absolute atomic E-state index is 13.4. The highest BCUT2D eigenvalue weighted by Gasteiger charge is 2.27. The summed E-state index contributed by atoms with van der Waals surface area (Å²) in [6.07, 6.45) is 0.0775. The van der Waals surface area contributed by atoms with Crippen molar-refractivity contribution >= 4 is 5.69 Å². The maximum Gasteiger partial charge on any atom is 0.150 e. The van der Waals surface area contributed by atoms with Gasteiger partial charge in [-0.15, -0.1) is 0 Å². The van der Waals surface area contributed by atoms with Crippen LogP contribution in [0.2, 0.25) is 0 Å². The molecule has 2 rings (SSSR count). The first-order valence-electron chi connectivity index (χ1n) is 4.81. The predicted molar refractivity (Wildman–Crippen MR) is 54.1 cm³/mol. The van der Waals surface area contributed by atoms with Crippen molar-refractivity contribution < 1.29 is 9.13 Å². The minimum Gasteiger partial charge on any atom is -0.485 e. The second-order valence-electron chi connectivity index (χ2n) is 3.56. The Balaban J connectivity index is 2.30. The zero-order chi connectivity index (χ0) is 10.8. The minimum atomic E-state index is -0.324. The van der Waals surface area contributed by atoms with Gasteiger partial charge in [0.2, 0.25) is 0 Å². The third-order valence-corrected chi connectivity index (χ3v) is 2.48. The van der Waals surface area contributed by atoms with E-state index in [2.05, 4.69) is 11.4 Å². The Hall–Kier alpha value is -1.76. The van der Waals surface area contributed by atoms with Gasteiger partial charge in [0, 0.05) is 0 Å². The van der Waals surface area contributed by atoms with Gasteiger partial charge >= 0.3 is 0 Å². The summed E-state index contributed by atoms with van der Waals surface area (Å²) in [6.45, 7) is 1.87. The monoisotopic (exact) mass is 206 g/mol. The summed E-state index contributed by atoms with van der Waals surface area (Å²) >= 11 is 0. The number of nitrogens with zero attached hydrogens (tertiary/aromatic N) is 1. The SMILES string of the molecule is CC1Nc2c(F)cccc2OC1CC#N. The van der Waals surface area contributed by atoms with E-state index in [4.69, 9.17) is 10.00 Å². The highest BCUT2D eigenvalue weighted by molar-refractivity contribution is 5.59. The summed E-state index contributed by atoms with van der Waals surface area (Å²) in [5, 5.41) is 11.6. The molecule has 0 spiro atoms. The van der Waals surface area contributed by atoms with E-state index < -0.39 is 0 Å². The van der Waals surface area contributed by atoms with E-state index >= 15 is 0 Å². The zero-order valence-corrected chi connectivity index (χ0v) is 8.33. The highest BCUT2D eigenvalue weighted by Crippen LogP contribution is 2.33. The van der Waals surface area contributed by atoms with Crippen LogP contribution in [0.3, 0.4) is 0 Å². The van der Waals surface area contributed by atoms with Crippen LogP contribution in [-0.4, -0.2) is 12.1 Å². The summed E-state index contributed by atoms with van der Waals surface area (Å²) < 4.78 is 18.9. The van der Waals surface area contributed by atoms with Crippen molar-refractivity contribution in [2.75, 3.05) is 5.32 Å². The van der Waals surface area contributed by atoms with Crippen LogP contribution in [0.1, 0.15) is 13.3 Å². The molecule has 0 saturated carbocycles. The summed E-state index contributed by atoms with van der Waals surface area (Å²) in [5.74, 6) is 0.156. The Labute approximate surface area is 87.5 Å². The number of nitriles is 1. The maximum atomic E-state index is 13.4. The first-order chi connectivity index (χ1) is 7.22. The van der Waals surface area contributed by atoms with Gasteiger partial charge in [0.25, 0.3) is 0 Å². The fourth-order valence-electron chi connectivity index (χ4n) is 1.64. The van der Waals surface area contributed by atoms with Gasteiger partial charge in [-0.25, -0.2) is 4.39 Å². The first-order valence-corrected chi connectivity index (χ1v) is 4.81. The number of rotatable bonds is 1. The molecule has 4 heteroatoms. The topological polar surface area (TPSA) is 45.0 Å². The largest absolute Gasteiger partial charge is 0.485 e. The lowest BCUT2D eigenvalue weighted by Crippen LogP contribution is -2.39. The van der Waals surface area contributed by atoms with E-state index in [1.165, 1.54) is 6.07 Å². The lowest BCUT2D eigenvalue weighted by atomic mass is 10.1. The van der Waals surface area contributed by atoms with Crippen molar-refractivity contribution in [1.29, 1.82) is 5.26 Å². The van der Waals surface area contributed by atoms with Crippen LogP contribution in [-0.2, 0) is 0 Å². The van der Waals surface area contributed by atoms with Gasteiger partial charge in [-0.2, -0.15) is 5.26 Å². The second kappa shape index (κ2) is 3.77. The number of nitrogens with one attached hydrogen (secondary N) is 1. The van der Waals surface area contributed by atoms with Crippen LogP contribution in [0.5, 0.6) is 5.75 Å². The van der Waals surface area contributed by atoms with Crippen LogP contribution in [0.4, 0.5) is 10.1 Å². The number of hydrogen-bond donors (Lipinski definition) is 1. The van der Waals surface area contributed by atoms with Crippen molar-refractivity contribution in [3.63, 3.8) is 0 Å². The molecule has 0 aliphatic carbocycles. The molecule has 15 heavy (non-hydrogen) atoms.